The van der Waals surface area contributed by atoms with Crippen LogP contribution in [0.2, 0.25) is 0 Å². The smallest absolute Gasteiger partial charge is 0.194 e. The van der Waals surface area contributed by atoms with Crippen LogP contribution in [0.15, 0.2) is 12.4 Å². The predicted molar refractivity (Wildman–Crippen MR) is 79.9 cm³/mol. The van der Waals surface area contributed by atoms with Gasteiger partial charge >= 0.3 is 0 Å². The van der Waals surface area contributed by atoms with E-state index in [0.717, 1.165) is 28.8 Å². The lowest BCUT2D eigenvalue weighted by Crippen LogP contribution is -2.13. The van der Waals surface area contributed by atoms with Crippen molar-refractivity contribution in [1.29, 1.82) is 0 Å². The quantitative estimate of drug-likeness (QED) is 0.803. The fourth-order valence-corrected chi connectivity index (χ4v) is 3.77. The van der Waals surface area contributed by atoms with Crippen LogP contribution in [-0.2, 0) is 13.1 Å². The summed E-state index contributed by atoms with van der Waals surface area (Å²) in [6.07, 6.45) is 4.11. The number of hydrogen-bond donors (Lipinski definition) is 1. The predicted octanol–water partition coefficient (Wildman–Crippen LogP) is 3.07. The van der Waals surface area contributed by atoms with Gasteiger partial charge in [-0.15, -0.1) is 22.7 Å². The highest BCUT2D eigenvalue weighted by Gasteiger charge is 2.10. The minimum Gasteiger partial charge on any atom is -0.306 e. The van der Waals surface area contributed by atoms with Crippen molar-refractivity contribution in [3.8, 4) is 0 Å². The van der Waals surface area contributed by atoms with Gasteiger partial charge in [0, 0.05) is 35.2 Å². The van der Waals surface area contributed by atoms with E-state index in [2.05, 4.69) is 39.7 Å². The first-order valence-electron chi connectivity index (χ1n) is 6.19. The molecule has 19 heavy (non-hydrogen) atoms. The molecule has 0 saturated heterocycles. The van der Waals surface area contributed by atoms with E-state index in [0.29, 0.717) is 0 Å². The van der Waals surface area contributed by atoms with E-state index in [1.807, 2.05) is 13.1 Å². The van der Waals surface area contributed by atoms with Crippen molar-refractivity contribution in [2.45, 2.75) is 33.9 Å². The van der Waals surface area contributed by atoms with E-state index >= 15 is 0 Å². The number of rotatable bonds is 4. The third-order valence-corrected chi connectivity index (χ3v) is 4.81. The SMILES string of the molecule is Cc1cn2c(CNCc3cnc(C)s3)c(C)nc2s1. The van der Waals surface area contributed by atoms with Crippen molar-refractivity contribution < 1.29 is 0 Å². The van der Waals surface area contributed by atoms with Gasteiger partial charge in [-0.1, -0.05) is 0 Å². The summed E-state index contributed by atoms with van der Waals surface area (Å²) >= 11 is 3.48. The molecular formula is C13H16N4S2. The number of aryl methyl sites for hydroxylation is 3. The lowest BCUT2D eigenvalue weighted by molar-refractivity contribution is 0.678. The first-order valence-corrected chi connectivity index (χ1v) is 7.83. The molecule has 0 atom stereocenters. The van der Waals surface area contributed by atoms with Gasteiger partial charge in [0.25, 0.3) is 0 Å². The highest BCUT2D eigenvalue weighted by atomic mass is 32.1. The van der Waals surface area contributed by atoms with Crippen molar-refractivity contribution in [2.75, 3.05) is 0 Å². The fraction of sp³-hybridized carbons (Fsp3) is 0.385. The van der Waals surface area contributed by atoms with Crippen molar-refractivity contribution in [3.05, 3.63) is 38.5 Å². The summed E-state index contributed by atoms with van der Waals surface area (Å²) in [6, 6.07) is 0. The van der Waals surface area contributed by atoms with Crippen molar-refractivity contribution >= 4 is 27.6 Å². The Balaban J connectivity index is 1.72. The van der Waals surface area contributed by atoms with Crippen LogP contribution in [0.25, 0.3) is 4.96 Å². The third-order valence-electron chi connectivity index (χ3n) is 3.00. The Hall–Kier alpha value is -1.24. The summed E-state index contributed by atoms with van der Waals surface area (Å²) < 4.78 is 2.19. The summed E-state index contributed by atoms with van der Waals surface area (Å²) in [7, 11) is 0. The molecular weight excluding hydrogens is 276 g/mol. The Labute approximate surface area is 120 Å². The van der Waals surface area contributed by atoms with E-state index in [9.17, 15) is 0 Å². The largest absolute Gasteiger partial charge is 0.306 e. The second kappa shape index (κ2) is 5.03. The topological polar surface area (TPSA) is 42.2 Å². The highest BCUT2D eigenvalue weighted by molar-refractivity contribution is 7.17. The van der Waals surface area contributed by atoms with Gasteiger partial charge in [-0.05, 0) is 20.8 Å². The summed E-state index contributed by atoms with van der Waals surface area (Å²) in [5.41, 5.74) is 2.36. The summed E-state index contributed by atoms with van der Waals surface area (Å²) in [5, 5.41) is 4.59. The molecule has 0 unspecified atom stereocenters. The van der Waals surface area contributed by atoms with E-state index in [-0.39, 0.29) is 0 Å². The van der Waals surface area contributed by atoms with Crippen LogP contribution in [0.3, 0.4) is 0 Å². The normalized spacial score (nSPS) is 11.5. The molecule has 0 amide bonds. The molecule has 0 aliphatic carbocycles. The first-order chi connectivity index (χ1) is 9.13. The Bertz CT molecular complexity index is 707. The van der Waals surface area contributed by atoms with Gasteiger partial charge in [-0.25, -0.2) is 9.97 Å². The first kappa shape index (κ1) is 12.8. The van der Waals surface area contributed by atoms with Crippen LogP contribution in [-0.4, -0.2) is 14.4 Å². The summed E-state index contributed by atoms with van der Waals surface area (Å²) in [6.45, 7) is 7.92. The highest BCUT2D eigenvalue weighted by Crippen LogP contribution is 2.20. The van der Waals surface area contributed by atoms with E-state index < -0.39 is 0 Å². The van der Waals surface area contributed by atoms with E-state index in [1.165, 1.54) is 15.4 Å². The number of aromatic nitrogens is 3. The number of hydrogen-bond acceptors (Lipinski definition) is 5. The second-order valence-corrected chi connectivity index (χ2v) is 7.12. The Morgan fingerprint density at radius 1 is 1.21 bits per heavy atom. The number of nitrogens with one attached hydrogen (secondary N) is 1. The van der Waals surface area contributed by atoms with Gasteiger partial charge in [0.15, 0.2) is 4.96 Å². The Kier molecular flexibility index (Phi) is 3.38. The third kappa shape index (κ3) is 2.56. The molecule has 0 radical (unpaired) electrons. The molecule has 3 aromatic heterocycles. The molecule has 4 nitrogen and oxygen atoms in total. The standard InChI is InChI=1S/C13H16N4S2/c1-8-7-17-12(9(2)16-13(17)18-8)6-14-4-11-5-15-10(3)19-11/h5,7,14H,4,6H2,1-3H3. The van der Waals surface area contributed by atoms with Crippen LogP contribution in [0, 0.1) is 20.8 Å². The minimum atomic E-state index is 0.833. The number of thiazole rings is 2. The van der Waals surface area contributed by atoms with Gasteiger partial charge in [0.2, 0.25) is 0 Å². The average molecular weight is 292 g/mol. The molecule has 0 aliphatic heterocycles. The monoisotopic (exact) mass is 292 g/mol. The fourth-order valence-electron chi connectivity index (χ4n) is 2.11. The molecule has 6 heteroatoms. The maximum absolute atomic E-state index is 4.60. The zero-order valence-electron chi connectivity index (χ0n) is 11.2. The minimum absolute atomic E-state index is 0.833. The molecule has 0 bridgehead atoms. The van der Waals surface area contributed by atoms with Gasteiger partial charge in [-0.3, -0.25) is 4.40 Å². The zero-order chi connectivity index (χ0) is 13.4. The van der Waals surface area contributed by atoms with Gasteiger partial charge in [0.1, 0.15) is 0 Å². The van der Waals surface area contributed by atoms with Gasteiger partial charge in [-0.2, -0.15) is 0 Å². The Morgan fingerprint density at radius 2 is 2.05 bits per heavy atom. The molecule has 0 fully saturated rings. The lowest BCUT2D eigenvalue weighted by Gasteiger charge is -2.03. The maximum atomic E-state index is 4.60. The van der Waals surface area contributed by atoms with E-state index in [4.69, 9.17) is 0 Å². The Morgan fingerprint density at radius 3 is 2.79 bits per heavy atom. The molecule has 3 heterocycles. The second-order valence-electron chi connectivity index (χ2n) is 4.59. The van der Waals surface area contributed by atoms with Crippen LogP contribution < -0.4 is 5.32 Å². The number of nitrogens with zero attached hydrogens (tertiary/aromatic N) is 3. The van der Waals surface area contributed by atoms with Crippen LogP contribution >= 0.6 is 22.7 Å². The molecule has 0 spiro atoms. The van der Waals surface area contributed by atoms with Gasteiger partial charge in [0.05, 0.1) is 16.4 Å². The number of fused-ring (bicyclic) bond motifs is 1. The molecule has 1 N–H and O–H groups in total. The van der Waals surface area contributed by atoms with Crippen molar-refractivity contribution in [3.63, 3.8) is 0 Å². The molecule has 0 aliphatic rings. The number of imidazole rings is 1. The molecule has 3 aromatic rings. The molecule has 3 rings (SSSR count). The average Bonchev–Trinajstić information content (AvgIpc) is 2.97. The lowest BCUT2D eigenvalue weighted by atomic mass is 10.3. The van der Waals surface area contributed by atoms with Crippen LogP contribution in [0.4, 0.5) is 0 Å². The van der Waals surface area contributed by atoms with E-state index in [1.54, 1.807) is 22.7 Å². The van der Waals surface area contributed by atoms with Crippen molar-refractivity contribution in [1.82, 2.24) is 19.7 Å². The summed E-state index contributed by atoms with van der Waals surface area (Å²) in [5.74, 6) is 0. The van der Waals surface area contributed by atoms with Crippen LogP contribution in [0.1, 0.15) is 26.1 Å². The van der Waals surface area contributed by atoms with Crippen LogP contribution in [0.5, 0.6) is 0 Å². The molecule has 100 valence electrons. The molecule has 0 saturated carbocycles. The van der Waals surface area contributed by atoms with Gasteiger partial charge < -0.3 is 5.32 Å². The molecule has 0 aromatic carbocycles. The zero-order valence-corrected chi connectivity index (χ0v) is 12.9. The maximum Gasteiger partial charge on any atom is 0.194 e. The summed E-state index contributed by atoms with van der Waals surface area (Å²) in [4.78, 5) is 12.5. The van der Waals surface area contributed by atoms with Crippen molar-refractivity contribution in [2.24, 2.45) is 0 Å².